The van der Waals surface area contributed by atoms with Crippen LogP contribution in [0.1, 0.15) is 24.8 Å². The molecule has 0 saturated carbocycles. The van der Waals surface area contributed by atoms with E-state index in [-0.39, 0.29) is 12.8 Å². The molecule has 1 atom stereocenters. The molecular weight excluding hydrogens is 206 g/mol. The first-order chi connectivity index (χ1) is 7.88. The van der Waals surface area contributed by atoms with Gasteiger partial charge in [0.1, 0.15) is 12.3 Å². The maximum Gasteiger partial charge on any atom is 0.199 e. The molecule has 1 aromatic carbocycles. The molecule has 4 heteroatoms. The fourth-order valence-electron chi connectivity index (χ4n) is 1.70. The molecule has 1 aromatic rings. The summed E-state index contributed by atoms with van der Waals surface area (Å²) in [6, 6.07) is 7.38. The van der Waals surface area contributed by atoms with E-state index in [2.05, 4.69) is 5.18 Å². The lowest BCUT2D eigenvalue weighted by Gasteiger charge is -2.23. The first kappa shape index (κ1) is 11.1. The molecule has 0 N–H and O–H groups in total. The molecule has 1 aliphatic rings. The van der Waals surface area contributed by atoms with Crippen molar-refractivity contribution in [3.63, 3.8) is 0 Å². The van der Waals surface area contributed by atoms with Gasteiger partial charge in [0.05, 0.1) is 6.61 Å². The third kappa shape index (κ3) is 3.03. The van der Waals surface area contributed by atoms with Crippen LogP contribution in [0, 0.1) is 4.91 Å². The summed E-state index contributed by atoms with van der Waals surface area (Å²) in [6.45, 7) is 0.984. The van der Waals surface area contributed by atoms with Gasteiger partial charge in [-0.05, 0) is 30.5 Å². The van der Waals surface area contributed by atoms with Crippen LogP contribution in [0.3, 0.4) is 0 Å². The van der Waals surface area contributed by atoms with E-state index in [1.807, 2.05) is 24.3 Å². The number of hydrogen-bond acceptors (Lipinski definition) is 4. The highest BCUT2D eigenvalue weighted by atomic mass is 16.7. The van der Waals surface area contributed by atoms with Crippen LogP contribution in [0.2, 0.25) is 0 Å². The number of rotatable bonds is 4. The predicted octanol–water partition coefficient (Wildman–Crippen LogP) is 2.86. The van der Waals surface area contributed by atoms with E-state index in [0.717, 1.165) is 37.2 Å². The third-order valence-electron chi connectivity index (χ3n) is 2.58. The second kappa shape index (κ2) is 5.61. The summed E-state index contributed by atoms with van der Waals surface area (Å²) >= 11 is 0. The van der Waals surface area contributed by atoms with Gasteiger partial charge in [-0.25, -0.2) is 0 Å². The summed E-state index contributed by atoms with van der Waals surface area (Å²) in [5.74, 6) is 0.779. The average Bonchev–Trinajstić information content (AvgIpc) is 2.33. The summed E-state index contributed by atoms with van der Waals surface area (Å²) in [5, 5.41) is 2.84. The van der Waals surface area contributed by atoms with Crippen LogP contribution >= 0.6 is 0 Å². The van der Waals surface area contributed by atoms with Crippen molar-refractivity contribution in [1.82, 2.24) is 0 Å². The molecule has 16 heavy (non-hydrogen) atoms. The summed E-state index contributed by atoms with van der Waals surface area (Å²) in [6.07, 6.45) is 3.09. The van der Waals surface area contributed by atoms with Crippen LogP contribution in [-0.4, -0.2) is 12.9 Å². The number of ether oxygens (including phenoxy) is 2. The normalized spacial score (nSPS) is 20.4. The van der Waals surface area contributed by atoms with Gasteiger partial charge in [0, 0.05) is 6.42 Å². The van der Waals surface area contributed by atoms with Crippen molar-refractivity contribution in [2.75, 3.05) is 6.61 Å². The molecule has 1 aliphatic heterocycles. The Morgan fingerprint density at radius 1 is 1.31 bits per heavy atom. The summed E-state index contributed by atoms with van der Waals surface area (Å²) in [4.78, 5) is 10.1. The molecule has 0 amide bonds. The van der Waals surface area contributed by atoms with Gasteiger partial charge in [-0.2, -0.15) is 4.91 Å². The quantitative estimate of drug-likeness (QED) is 0.734. The monoisotopic (exact) mass is 221 g/mol. The maximum atomic E-state index is 10.1. The zero-order valence-electron chi connectivity index (χ0n) is 9.09. The highest BCUT2D eigenvalue weighted by Crippen LogP contribution is 2.19. The van der Waals surface area contributed by atoms with Crippen molar-refractivity contribution in [1.29, 1.82) is 0 Å². The zero-order valence-corrected chi connectivity index (χ0v) is 9.09. The molecule has 4 nitrogen and oxygen atoms in total. The average molecular weight is 221 g/mol. The Labute approximate surface area is 94.5 Å². The summed E-state index contributed by atoms with van der Waals surface area (Å²) in [5.41, 5.74) is 0.895. The van der Waals surface area contributed by atoms with Crippen LogP contribution in [0.25, 0.3) is 0 Å². The van der Waals surface area contributed by atoms with Crippen LogP contribution in [-0.2, 0) is 11.3 Å². The second-order valence-electron chi connectivity index (χ2n) is 3.85. The zero-order chi connectivity index (χ0) is 11.2. The van der Waals surface area contributed by atoms with Crippen molar-refractivity contribution in [2.24, 2.45) is 5.18 Å². The van der Waals surface area contributed by atoms with Gasteiger partial charge in [-0.3, -0.25) is 0 Å². The smallest absolute Gasteiger partial charge is 0.199 e. The van der Waals surface area contributed by atoms with Gasteiger partial charge in [0.25, 0.3) is 0 Å². The van der Waals surface area contributed by atoms with E-state index in [0.29, 0.717) is 0 Å². The minimum Gasteiger partial charge on any atom is -0.465 e. The molecule has 86 valence electrons. The first-order valence-electron chi connectivity index (χ1n) is 5.55. The van der Waals surface area contributed by atoms with Crippen LogP contribution in [0.5, 0.6) is 5.75 Å². The standard InChI is InChI=1S/C12H15NO3/c14-13-9-10-4-6-11(7-5-10)16-12-3-1-2-8-15-12/h4-7,12H,1-3,8-9H2. The van der Waals surface area contributed by atoms with Crippen molar-refractivity contribution in [3.05, 3.63) is 34.7 Å². The van der Waals surface area contributed by atoms with Crippen LogP contribution in [0.4, 0.5) is 0 Å². The van der Waals surface area contributed by atoms with Crippen molar-refractivity contribution in [2.45, 2.75) is 32.1 Å². The molecule has 1 fully saturated rings. The van der Waals surface area contributed by atoms with Gasteiger partial charge in [-0.15, -0.1) is 0 Å². The lowest BCUT2D eigenvalue weighted by Crippen LogP contribution is -2.24. The topological polar surface area (TPSA) is 47.9 Å². The van der Waals surface area contributed by atoms with E-state index in [1.165, 1.54) is 0 Å². The van der Waals surface area contributed by atoms with E-state index in [1.54, 1.807) is 0 Å². The summed E-state index contributed by atoms with van der Waals surface area (Å²) in [7, 11) is 0. The Balaban J connectivity index is 1.90. The minimum absolute atomic E-state index is 0.121. The molecule has 1 heterocycles. The van der Waals surface area contributed by atoms with Gasteiger partial charge >= 0.3 is 0 Å². The number of hydrogen-bond donors (Lipinski definition) is 0. The predicted molar refractivity (Wildman–Crippen MR) is 60.2 cm³/mol. The van der Waals surface area contributed by atoms with Crippen LogP contribution in [0.15, 0.2) is 29.4 Å². The largest absolute Gasteiger partial charge is 0.465 e. The van der Waals surface area contributed by atoms with Crippen molar-refractivity contribution < 1.29 is 9.47 Å². The Morgan fingerprint density at radius 3 is 2.75 bits per heavy atom. The van der Waals surface area contributed by atoms with Crippen LogP contribution < -0.4 is 4.74 Å². The lowest BCUT2D eigenvalue weighted by atomic mass is 10.2. The van der Waals surface area contributed by atoms with E-state index in [4.69, 9.17) is 9.47 Å². The molecule has 0 aromatic heterocycles. The Kier molecular flexibility index (Phi) is 3.88. The van der Waals surface area contributed by atoms with Crippen molar-refractivity contribution >= 4 is 0 Å². The van der Waals surface area contributed by atoms with Gasteiger partial charge < -0.3 is 9.47 Å². The maximum absolute atomic E-state index is 10.1. The molecular formula is C12H15NO3. The minimum atomic E-state index is -0.121. The molecule has 0 spiro atoms. The number of nitroso groups, excluding NO2 is 1. The highest BCUT2D eigenvalue weighted by molar-refractivity contribution is 5.27. The van der Waals surface area contributed by atoms with Gasteiger partial charge in [0.2, 0.25) is 0 Å². The fourth-order valence-corrected chi connectivity index (χ4v) is 1.70. The molecule has 1 unspecified atom stereocenters. The second-order valence-corrected chi connectivity index (χ2v) is 3.85. The van der Waals surface area contributed by atoms with E-state index < -0.39 is 0 Å². The molecule has 2 rings (SSSR count). The van der Waals surface area contributed by atoms with Gasteiger partial charge in [0.15, 0.2) is 6.29 Å². The lowest BCUT2D eigenvalue weighted by molar-refractivity contribution is -0.105. The summed E-state index contributed by atoms with van der Waals surface area (Å²) < 4.78 is 11.1. The highest BCUT2D eigenvalue weighted by Gasteiger charge is 2.14. The molecule has 0 aliphatic carbocycles. The van der Waals surface area contributed by atoms with E-state index >= 15 is 0 Å². The van der Waals surface area contributed by atoms with Gasteiger partial charge in [-0.1, -0.05) is 17.3 Å². The Hall–Kier alpha value is -1.42. The van der Waals surface area contributed by atoms with Crippen molar-refractivity contribution in [3.8, 4) is 5.75 Å². The number of nitrogens with zero attached hydrogens (tertiary/aromatic N) is 1. The molecule has 1 saturated heterocycles. The number of benzene rings is 1. The van der Waals surface area contributed by atoms with E-state index in [9.17, 15) is 4.91 Å². The SMILES string of the molecule is O=NCc1ccc(OC2CCCCO2)cc1. The fraction of sp³-hybridized carbons (Fsp3) is 0.500. The molecule has 0 radical (unpaired) electrons. The molecule has 0 bridgehead atoms. The first-order valence-corrected chi connectivity index (χ1v) is 5.55. The Bertz CT molecular complexity index is 331. The third-order valence-corrected chi connectivity index (χ3v) is 2.58. The Morgan fingerprint density at radius 2 is 2.12 bits per heavy atom.